The van der Waals surface area contributed by atoms with Crippen molar-refractivity contribution in [1.29, 1.82) is 0 Å². The average molecular weight is 256 g/mol. The average Bonchev–Trinajstić information content (AvgIpc) is 2.38. The van der Waals surface area contributed by atoms with Gasteiger partial charge in [-0.25, -0.2) is 0 Å². The highest BCUT2D eigenvalue weighted by molar-refractivity contribution is 6.69. The van der Waals surface area contributed by atoms with E-state index in [0.717, 1.165) is 18.8 Å². The van der Waals surface area contributed by atoms with Crippen LogP contribution in [0.2, 0.25) is 0 Å². The largest absolute Gasteiger partial charge is 0.494 e. The Hall–Kier alpha value is -1.22. The molecule has 0 saturated carbocycles. The van der Waals surface area contributed by atoms with Crippen LogP contribution in [-0.2, 0) is 0 Å². The summed E-state index contributed by atoms with van der Waals surface area (Å²) in [5, 5.41) is 11.5. The second-order valence-corrected chi connectivity index (χ2v) is 4.18. The summed E-state index contributed by atoms with van der Waals surface area (Å²) in [6.07, 6.45) is 4.77. The molecule has 0 radical (unpaired) electrons. The van der Waals surface area contributed by atoms with Crippen molar-refractivity contribution in [3.05, 3.63) is 29.8 Å². The van der Waals surface area contributed by atoms with Gasteiger partial charge >= 0.3 is 0 Å². The molecule has 17 heavy (non-hydrogen) atoms. The number of hydrogen-bond acceptors (Lipinski definition) is 3. The molecule has 1 rings (SSSR count). The van der Waals surface area contributed by atoms with E-state index in [1.165, 1.54) is 19.3 Å². The highest BCUT2D eigenvalue weighted by Gasteiger charge is 2.00. The minimum absolute atomic E-state index is 0.0829. The van der Waals surface area contributed by atoms with Crippen LogP contribution in [-0.4, -0.2) is 17.0 Å². The van der Waals surface area contributed by atoms with Gasteiger partial charge in [0.1, 0.15) is 5.75 Å². The van der Waals surface area contributed by atoms with Gasteiger partial charge in [0.2, 0.25) is 0 Å². The molecule has 0 spiro atoms. The van der Waals surface area contributed by atoms with Gasteiger partial charge in [0, 0.05) is 5.56 Å². The minimum atomic E-state index is 0.0829. The van der Waals surface area contributed by atoms with Crippen LogP contribution in [0.15, 0.2) is 29.4 Å². The Bertz CT molecular complexity index is 349. The van der Waals surface area contributed by atoms with Crippen LogP contribution in [0.4, 0.5) is 0 Å². The maximum Gasteiger partial charge on any atom is 0.175 e. The lowest BCUT2D eigenvalue weighted by Crippen LogP contribution is -1.98. The Balaban J connectivity index is 2.35. The number of rotatable bonds is 7. The zero-order valence-corrected chi connectivity index (χ0v) is 10.8. The van der Waals surface area contributed by atoms with Crippen molar-refractivity contribution >= 4 is 16.8 Å². The quantitative estimate of drug-likeness (QED) is 0.346. The fourth-order valence-corrected chi connectivity index (χ4v) is 1.59. The van der Waals surface area contributed by atoms with Crippen LogP contribution < -0.4 is 4.74 Å². The number of unbranched alkanes of at least 4 members (excludes halogenated alkanes) is 3. The summed E-state index contributed by atoms with van der Waals surface area (Å²) in [6.45, 7) is 2.92. The number of hydrogen-bond donors (Lipinski definition) is 1. The first-order chi connectivity index (χ1) is 8.27. The number of halogens is 1. The summed E-state index contributed by atoms with van der Waals surface area (Å²) in [5.41, 5.74) is 0.674. The molecule has 0 saturated heterocycles. The van der Waals surface area contributed by atoms with Crippen LogP contribution in [0.3, 0.4) is 0 Å². The van der Waals surface area contributed by atoms with Crippen LogP contribution in [0, 0.1) is 0 Å². The fourth-order valence-electron chi connectivity index (χ4n) is 1.47. The molecule has 3 nitrogen and oxygen atoms in total. The molecule has 0 aliphatic carbocycles. The zero-order valence-electron chi connectivity index (χ0n) is 10.0. The first kappa shape index (κ1) is 13.8. The predicted molar refractivity (Wildman–Crippen MR) is 70.3 cm³/mol. The van der Waals surface area contributed by atoms with Gasteiger partial charge in [-0.15, -0.1) is 0 Å². The summed E-state index contributed by atoms with van der Waals surface area (Å²) < 4.78 is 5.58. The fraction of sp³-hybridized carbons (Fsp3) is 0.462. The van der Waals surface area contributed by atoms with Crippen LogP contribution in [0.25, 0.3) is 0 Å². The van der Waals surface area contributed by atoms with Crippen LogP contribution >= 0.6 is 11.6 Å². The summed E-state index contributed by atoms with van der Waals surface area (Å²) >= 11 is 5.66. The standard InChI is InChI=1S/C13H18ClNO2/c1-2-3-4-5-10-17-12-8-6-11(7-9-12)13(14)15-16/h6-9,16H,2-5,10H2,1H3/b15-13-. The Morgan fingerprint density at radius 3 is 2.53 bits per heavy atom. The van der Waals surface area contributed by atoms with E-state index in [9.17, 15) is 0 Å². The van der Waals surface area contributed by atoms with E-state index in [1.54, 1.807) is 12.1 Å². The Morgan fingerprint density at radius 2 is 1.94 bits per heavy atom. The molecule has 4 heteroatoms. The maximum atomic E-state index is 8.51. The second kappa shape index (κ2) is 7.96. The summed E-state index contributed by atoms with van der Waals surface area (Å²) in [4.78, 5) is 0. The Morgan fingerprint density at radius 1 is 1.24 bits per heavy atom. The van der Waals surface area contributed by atoms with Gasteiger partial charge in [0.25, 0.3) is 0 Å². The van der Waals surface area contributed by atoms with Crippen molar-refractivity contribution in [2.45, 2.75) is 32.6 Å². The van der Waals surface area contributed by atoms with E-state index < -0.39 is 0 Å². The second-order valence-electron chi connectivity index (χ2n) is 3.82. The van der Waals surface area contributed by atoms with Crippen LogP contribution in [0.5, 0.6) is 5.75 Å². The molecule has 0 unspecified atom stereocenters. The third-order valence-electron chi connectivity index (χ3n) is 2.45. The molecule has 94 valence electrons. The maximum absolute atomic E-state index is 8.51. The smallest absolute Gasteiger partial charge is 0.175 e. The van der Waals surface area contributed by atoms with Crippen molar-refractivity contribution in [3.8, 4) is 5.75 Å². The summed E-state index contributed by atoms with van der Waals surface area (Å²) in [5.74, 6) is 0.813. The lowest BCUT2D eigenvalue weighted by molar-refractivity contribution is 0.305. The number of ether oxygens (including phenoxy) is 1. The minimum Gasteiger partial charge on any atom is -0.494 e. The number of oxime groups is 1. The molecule has 0 amide bonds. The molecule has 0 heterocycles. The Kier molecular flexibility index (Phi) is 6.48. The van der Waals surface area contributed by atoms with E-state index >= 15 is 0 Å². The SMILES string of the molecule is CCCCCCOc1ccc(/C(Cl)=N/O)cc1. The van der Waals surface area contributed by atoms with Gasteiger partial charge in [0.05, 0.1) is 6.61 Å². The van der Waals surface area contributed by atoms with E-state index in [4.69, 9.17) is 21.5 Å². The van der Waals surface area contributed by atoms with Gasteiger partial charge < -0.3 is 9.94 Å². The highest BCUT2D eigenvalue weighted by Crippen LogP contribution is 2.14. The molecule has 0 atom stereocenters. The zero-order chi connectivity index (χ0) is 12.5. The monoisotopic (exact) mass is 255 g/mol. The lowest BCUT2D eigenvalue weighted by Gasteiger charge is -2.06. The third-order valence-corrected chi connectivity index (χ3v) is 2.74. The molecule has 1 N–H and O–H groups in total. The molecule has 0 aliphatic rings. The first-order valence-electron chi connectivity index (χ1n) is 5.88. The van der Waals surface area contributed by atoms with E-state index in [-0.39, 0.29) is 5.17 Å². The Labute approximate surface area is 107 Å². The number of benzene rings is 1. The van der Waals surface area contributed by atoms with Crippen molar-refractivity contribution < 1.29 is 9.94 Å². The third kappa shape index (κ3) is 5.09. The first-order valence-corrected chi connectivity index (χ1v) is 6.26. The van der Waals surface area contributed by atoms with Gasteiger partial charge in [0.15, 0.2) is 5.17 Å². The molecule has 0 aliphatic heterocycles. The van der Waals surface area contributed by atoms with Crippen LogP contribution in [0.1, 0.15) is 38.2 Å². The van der Waals surface area contributed by atoms with Crippen molar-refractivity contribution in [3.63, 3.8) is 0 Å². The summed E-state index contributed by atoms with van der Waals surface area (Å²) in [7, 11) is 0. The van der Waals surface area contributed by atoms with Gasteiger partial charge in [-0.2, -0.15) is 0 Å². The van der Waals surface area contributed by atoms with Crippen molar-refractivity contribution in [1.82, 2.24) is 0 Å². The highest BCUT2D eigenvalue weighted by atomic mass is 35.5. The van der Waals surface area contributed by atoms with E-state index in [2.05, 4.69) is 12.1 Å². The molecule has 0 bridgehead atoms. The van der Waals surface area contributed by atoms with Crippen molar-refractivity contribution in [2.75, 3.05) is 6.61 Å². The molecule has 1 aromatic carbocycles. The normalized spacial score (nSPS) is 11.5. The molecule has 0 fully saturated rings. The summed E-state index contributed by atoms with van der Waals surface area (Å²) in [6, 6.07) is 7.18. The lowest BCUT2D eigenvalue weighted by atomic mass is 10.2. The topological polar surface area (TPSA) is 41.8 Å². The van der Waals surface area contributed by atoms with Gasteiger partial charge in [-0.1, -0.05) is 42.9 Å². The molecular formula is C13H18ClNO2. The van der Waals surface area contributed by atoms with Gasteiger partial charge in [-0.05, 0) is 30.7 Å². The van der Waals surface area contributed by atoms with E-state index in [1.807, 2.05) is 12.1 Å². The molecule has 0 aromatic heterocycles. The molecular weight excluding hydrogens is 238 g/mol. The molecule has 1 aromatic rings. The predicted octanol–water partition coefficient (Wildman–Crippen LogP) is 4.02. The van der Waals surface area contributed by atoms with Crippen molar-refractivity contribution in [2.24, 2.45) is 5.16 Å². The van der Waals surface area contributed by atoms with E-state index in [0.29, 0.717) is 5.56 Å². The number of nitrogens with zero attached hydrogens (tertiary/aromatic N) is 1. The van der Waals surface area contributed by atoms with Gasteiger partial charge in [-0.3, -0.25) is 0 Å².